The van der Waals surface area contributed by atoms with Crippen LogP contribution in [0.3, 0.4) is 0 Å². The molecule has 1 atom stereocenters. The number of carbonyl (C=O) groups excluding carboxylic acids is 1. The third-order valence-electron chi connectivity index (χ3n) is 4.99. The molecule has 138 valence electrons. The molecule has 0 spiro atoms. The summed E-state index contributed by atoms with van der Waals surface area (Å²) in [6.45, 7) is 12.8. The Morgan fingerprint density at radius 3 is 2.40 bits per heavy atom. The SMILES string of the molecule is CC(C)(C)OC(=O)N1CC[C@@H](N2CCN(Cc3ccccc3)CC2)C1. The van der Waals surface area contributed by atoms with Crippen LogP contribution in [0.2, 0.25) is 0 Å². The van der Waals surface area contributed by atoms with Gasteiger partial charge in [-0.2, -0.15) is 0 Å². The van der Waals surface area contributed by atoms with Crippen molar-refractivity contribution in [3.63, 3.8) is 0 Å². The fourth-order valence-corrected chi connectivity index (χ4v) is 3.66. The van der Waals surface area contributed by atoms with Gasteiger partial charge in [0.1, 0.15) is 5.60 Å². The monoisotopic (exact) mass is 345 g/mol. The highest BCUT2D eigenvalue weighted by atomic mass is 16.6. The molecule has 2 aliphatic rings. The second-order valence-corrected chi connectivity index (χ2v) is 8.17. The summed E-state index contributed by atoms with van der Waals surface area (Å²) in [6, 6.07) is 11.2. The highest BCUT2D eigenvalue weighted by Gasteiger charge is 2.33. The van der Waals surface area contributed by atoms with Gasteiger partial charge in [-0.05, 0) is 32.8 Å². The molecule has 0 N–H and O–H groups in total. The number of piperazine rings is 1. The Kier molecular flexibility index (Phi) is 5.64. The van der Waals surface area contributed by atoms with Crippen LogP contribution in [0.5, 0.6) is 0 Å². The third-order valence-corrected chi connectivity index (χ3v) is 4.99. The van der Waals surface area contributed by atoms with Crippen LogP contribution in [-0.4, -0.2) is 71.7 Å². The fourth-order valence-electron chi connectivity index (χ4n) is 3.66. The molecule has 5 heteroatoms. The predicted molar refractivity (Wildman–Crippen MR) is 99.5 cm³/mol. The van der Waals surface area contributed by atoms with Gasteiger partial charge in [-0.1, -0.05) is 30.3 Å². The zero-order chi connectivity index (χ0) is 17.9. The number of ether oxygens (including phenoxy) is 1. The molecule has 1 aromatic rings. The van der Waals surface area contributed by atoms with Crippen molar-refractivity contribution in [2.24, 2.45) is 0 Å². The molecule has 2 heterocycles. The van der Waals surface area contributed by atoms with Gasteiger partial charge in [0.15, 0.2) is 0 Å². The van der Waals surface area contributed by atoms with Gasteiger partial charge in [-0.25, -0.2) is 4.79 Å². The third kappa shape index (κ3) is 5.19. The van der Waals surface area contributed by atoms with E-state index in [1.54, 1.807) is 0 Å². The number of benzene rings is 1. The van der Waals surface area contributed by atoms with Crippen molar-refractivity contribution in [3.05, 3.63) is 35.9 Å². The molecule has 1 amide bonds. The Balaban J connectivity index is 1.44. The summed E-state index contributed by atoms with van der Waals surface area (Å²) in [4.78, 5) is 19.2. The van der Waals surface area contributed by atoms with E-state index in [0.717, 1.165) is 52.2 Å². The largest absolute Gasteiger partial charge is 0.444 e. The molecule has 0 aromatic heterocycles. The topological polar surface area (TPSA) is 36.0 Å². The van der Waals surface area contributed by atoms with Crippen molar-refractivity contribution < 1.29 is 9.53 Å². The van der Waals surface area contributed by atoms with E-state index in [-0.39, 0.29) is 6.09 Å². The molecule has 3 rings (SSSR count). The number of nitrogens with zero attached hydrogens (tertiary/aromatic N) is 3. The Bertz CT molecular complexity index is 562. The van der Waals surface area contributed by atoms with Gasteiger partial charge in [-0.3, -0.25) is 9.80 Å². The fraction of sp³-hybridized carbons (Fsp3) is 0.650. The smallest absolute Gasteiger partial charge is 0.410 e. The molecule has 2 aliphatic heterocycles. The molecule has 0 radical (unpaired) electrons. The second kappa shape index (κ2) is 7.75. The van der Waals surface area contributed by atoms with Crippen molar-refractivity contribution in [2.75, 3.05) is 39.3 Å². The average Bonchev–Trinajstić information content (AvgIpc) is 3.05. The Hall–Kier alpha value is -1.59. The molecule has 0 saturated carbocycles. The molecule has 2 saturated heterocycles. The van der Waals surface area contributed by atoms with Gasteiger partial charge in [0.25, 0.3) is 0 Å². The first-order valence-electron chi connectivity index (χ1n) is 9.39. The minimum atomic E-state index is -0.418. The Labute approximate surface area is 151 Å². The number of hydrogen-bond acceptors (Lipinski definition) is 4. The quantitative estimate of drug-likeness (QED) is 0.844. The first-order valence-corrected chi connectivity index (χ1v) is 9.39. The molecule has 0 unspecified atom stereocenters. The molecule has 0 aliphatic carbocycles. The van der Waals surface area contributed by atoms with Crippen LogP contribution >= 0.6 is 0 Å². The molecule has 25 heavy (non-hydrogen) atoms. The molecule has 1 aromatic carbocycles. The van der Waals surface area contributed by atoms with E-state index in [9.17, 15) is 4.79 Å². The first kappa shape index (κ1) is 18.2. The standard InChI is InChI=1S/C20H31N3O2/c1-20(2,3)25-19(24)23-10-9-18(16-23)22-13-11-21(12-14-22)15-17-7-5-4-6-8-17/h4-8,18H,9-16H2,1-3H3/t18-/m1/s1. The number of amides is 1. The summed E-state index contributed by atoms with van der Waals surface area (Å²) < 4.78 is 5.50. The van der Waals surface area contributed by atoms with Gasteiger partial charge in [0, 0.05) is 51.9 Å². The molecule has 0 bridgehead atoms. The van der Waals surface area contributed by atoms with Crippen LogP contribution in [0.4, 0.5) is 4.79 Å². The van der Waals surface area contributed by atoms with E-state index >= 15 is 0 Å². The molecular weight excluding hydrogens is 314 g/mol. The zero-order valence-corrected chi connectivity index (χ0v) is 15.8. The van der Waals surface area contributed by atoms with E-state index in [1.807, 2.05) is 25.7 Å². The van der Waals surface area contributed by atoms with Crippen molar-refractivity contribution in [2.45, 2.75) is 45.4 Å². The van der Waals surface area contributed by atoms with E-state index in [2.05, 4.69) is 40.1 Å². The lowest BCUT2D eigenvalue weighted by molar-refractivity contribution is 0.0268. The van der Waals surface area contributed by atoms with E-state index in [0.29, 0.717) is 6.04 Å². The lowest BCUT2D eigenvalue weighted by Gasteiger charge is -2.38. The summed E-state index contributed by atoms with van der Waals surface area (Å²) in [7, 11) is 0. The van der Waals surface area contributed by atoms with Crippen LogP contribution in [0, 0.1) is 0 Å². The van der Waals surface area contributed by atoms with Crippen LogP contribution in [0.25, 0.3) is 0 Å². The van der Waals surface area contributed by atoms with Gasteiger partial charge >= 0.3 is 6.09 Å². The summed E-state index contributed by atoms with van der Waals surface area (Å²) in [6.07, 6.45) is 0.885. The minimum Gasteiger partial charge on any atom is -0.444 e. The maximum atomic E-state index is 12.2. The highest BCUT2D eigenvalue weighted by Crippen LogP contribution is 2.20. The van der Waals surface area contributed by atoms with Crippen molar-refractivity contribution in [3.8, 4) is 0 Å². The van der Waals surface area contributed by atoms with Crippen LogP contribution in [-0.2, 0) is 11.3 Å². The molecule has 5 nitrogen and oxygen atoms in total. The van der Waals surface area contributed by atoms with Crippen molar-refractivity contribution in [1.29, 1.82) is 0 Å². The summed E-state index contributed by atoms with van der Waals surface area (Å²) in [5.74, 6) is 0. The summed E-state index contributed by atoms with van der Waals surface area (Å²) in [5, 5.41) is 0. The van der Waals surface area contributed by atoms with E-state index in [4.69, 9.17) is 4.74 Å². The average molecular weight is 345 g/mol. The maximum absolute atomic E-state index is 12.2. The number of likely N-dealkylation sites (tertiary alicyclic amines) is 1. The number of hydrogen-bond donors (Lipinski definition) is 0. The Morgan fingerprint density at radius 1 is 1.08 bits per heavy atom. The van der Waals surface area contributed by atoms with Gasteiger partial charge in [0.05, 0.1) is 0 Å². The predicted octanol–water partition coefficient (Wildman–Crippen LogP) is 2.81. The van der Waals surface area contributed by atoms with Crippen LogP contribution in [0.1, 0.15) is 32.8 Å². The lowest BCUT2D eigenvalue weighted by Crippen LogP contribution is -2.51. The molecular formula is C20H31N3O2. The Morgan fingerprint density at radius 2 is 1.76 bits per heavy atom. The normalized spacial score (nSPS) is 23.0. The van der Waals surface area contributed by atoms with E-state index < -0.39 is 5.60 Å². The van der Waals surface area contributed by atoms with Gasteiger partial charge < -0.3 is 9.64 Å². The highest BCUT2D eigenvalue weighted by molar-refractivity contribution is 5.68. The minimum absolute atomic E-state index is 0.169. The number of carbonyl (C=O) groups is 1. The lowest BCUT2D eigenvalue weighted by atomic mass is 10.1. The second-order valence-electron chi connectivity index (χ2n) is 8.17. The summed E-state index contributed by atoms with van der Waals surface area (Å²) in [5.41, 5.74) is 0.964. The van der Waals surface area contributed by atoms with Crippen LogP contribution in [0.15, 0.2) is 30.3 Å². The van der Waals surface area contributed by atoms with Crippen molar-refractivity contribution in [1.82, 2.24) is 14.7 Å². The van der Waals surface area contributed by atoms with E-state index in [1.165, 1.54) is 5.56 Å². The summed E-state index contributed by atoms with van der Waals surface area (Å²) >= 11 is 0. The first-order chi connectivity index (χ1) is 11.9. The number of rotatable bonds is 3. The van der Waals surface area contributed by atoms with Gasteiger partial charge in [-0.15, -0.1) is 0 Å². The van der Waals surface area contributed by atoms with Crippen LogP contribution < -0.4 is 0 Å². The molecule has 2 fully saturated rings. The van der Waals surface area contributed by atoms with Gasteiger partial charge in [0.2, 0.25) is 0 Å². The van der Waals surface area contributed by atoms with Crippen molar-refractivity contribution >= 4 is 6.09 Å². The zero-order valence-electron chi connectivity index (χ0n) is 15.8. The maximum Gasteiger partial charge on any atom is 0.410 e.